The third kappa shape index (κ3) is 8.60. The molecule has 3 aromatic carbocycles. The van der Waals surface area contributed by atoms with Crippen molar-refractivity contribution in [1.29, 1.82) is 0 Å². The Hall–Kier alpha value is -3.53. The second-order valence-corrected chi connectivity index (χ2v) is 14.3. The van der Waals surface area contributed by atoms with E-state index >= 15 is 0 Å². The van der Waals surface area contributed by atoms with Crippen LogP contribution in [-0.4, -0.2) is 104 Å². The largest absolute Gasteiger partial charge is 0.340 e. The molecule has 45 heavy (non-hydrogen) atoms. The highest BCUT2D eigenvalue weighted by molar-refractivity contribution is 7.90. The Balaban J connectivity index is 1.13. The predicted octanol–water partition coefficient (Wildman–Crippen LogP) is 4.53. The molecule has 0 aliphatic carbocycles. The van der Waals surface area contributed by atoms with Gasteiger partial charge in [0.2, 0.25) is 5.91 Å². The summed E-state index contributed by atoms with van der Waals surface area (Å²) in [6.45, 7) is 8.76. The molecule has 0 bridgehead atoms. The molecule has 2 heterocycles. The summed E-state index contributed by atoms with van der Waals surface area (Å²) in [7, 11) is -3.26. The number of sulfone groups is 1. The van der Waals surface area contributed by atoms with E-state index < -0.39 is 9.84 Å². The van der Waals surface area contributed by atoms with Crippen LogP contribution in [0.15, 0.2) is 89.8 Å². The average molecular weight is 631 g/mol. The number of likely N-dealkylation sites (N-methyl/N-ethyl adjacent to an activating group) is 1. The van der Waals surface area contributed by atoms with Crippen molar-refractivity contribution in [3.63, 3.8) is 0 Å². The monoisotopic (exact) mass is 630 g/mol. The maximum Gasteiger partial charge on any atom is 0.253 e. The fourth-order valence-electron chi connectivity index (χ4n) is 6.76. The highest BCUT2D eigenvalue weighted by Gasteiger charge is 2.30. The van der Waals surface area contributed by atoms with Crippen molar-refractivity contribution < 1.29 is 18.0 Å². The van der Waals surface area contributed by atoms with Crippen molar-refractivity contribution in [2.45, 2.75) is 49.6 Å². The second kappa shape index (κ2) is 15.2. The molecule has 3 aromatic rings. The summed E-state index contributed by atoms with van der Waals surface area (Å²) in [5.74, 6) is 0.205. The number of nitrogens with zero attached hydrogens (tertiary/aromatic N) is 4. The predicted molar refractivity (Wildman–Crippen MR) is 178 cm³/mol. The van der Waals surface area contributed by atoms with E-state index in [1.165, 1.54) is 11.8 Å². The molecule has 2 amide bonds. The number of hydrogen-bond donors (Lipinski definition) is 0. The van der Waals surface area contributed by atoms with Gasteiger partial charge in [0.1, 0.15) is 0 Å². The molecule has 2 fully saturated rings. The topological polar surface area (TPSA) is 81.2 Å². The van der Waals surface area contributed by atoms with Crippen molar-refractivity contribution in [1.82, 2.24) is 19.6 Å². The van der Waals surface area contributed by atoms with Crippen LogP contribution in [0.4, 0.5) is 0 Å². The van der Waals surface area contributed by atoms with Gasteiger partial charge in [-0.1, -0.05) is 60.7 Å². The summed E-state index contributed by atoms with van der Waals surface area (Å²) in [5, 5.41) is 0. The molecule has 1 atom stereocenters. The van der Waals surface area contributed by atoms with E-state index in [4.69, 9.17) is 0 Å². The van der Waals surface area contributed by atoms with Crippen LogP contribution in [0.5, 0.6) is 0 Å². The summed E-state index contributed by atoms with van der Waals surface area (Å²) in [4.78, 5) is 35.6. The van der Waals surface area contributed by atoms with Gasteiger partial charge in [-0.05, 0) is 68.1 Å². The van der Waals surface area contributed by atoms with Crippen molar-refractivity contribution in [3.8, 4) is 0 Å². The number of amides is 2. The summed E-state index contributed by atoms with van der Waals surface area (Å²) >= 11 is 0. The lowest BCUT2D eigenvalue weighted by Crippen LogP contribution is -2.50. The first kappa shape index (κ1) is 32.9. The maximum atomic E-state index is 13.3. The Morgan fingerprint density at radius 1 is 0.822 bits per heavy atom. The molecule has 1 unspecified atom stereocenters. The van der Waals surface area contributed by atoms with Gasteiger partial charge in [0, 0.05) is 69.7 Å². The van der Waals surface area contributed by atoms with Gasteiger partial charge in [-0.3, -0.25) is 14.5 Å². The van der Waals surface area contributed by atoms with Crippen molar-refractivity contribution in [3.05, 3.63) is 102 Å². The Bertz CT molecular complexity index is 1500. The minimum Gasteiger partial charge on any atom is -0.340 e. The summed E-state index contributed by atoms with van der Waals surface area (Å²) < 4.78 is 23.6. The zero-order valence-corrected chi connectivity index (χ0v) is 27.4. The van der Waals surface area contributed by atoms with Crippen molar-refractivity contribution in [2.24, 2.45) is 0 Å². The van der Waals surface area contributed by atoms with Crippen LogP contribution in [-0.2, 0) is 21.1 Å². The third-order valence-electron chi connectivity index (χ3n) is 9.33. The smallest absolute Gasteiger partial charge is 0.253 e. The normalized spacial score (nSPS) is 17.6. The zero-order chi connectivity index (χ0) is 31.8. The van der Waals surface area contributed by atoms with Crippen LogP contribution in [0, 0.1) is 0 Å². The van der Waals surface area contributed by atoms with Gasteiger partial charge in [0.25, 0.3) is 5.91 Å². The Kier molecular flexibility index (Phi) is 11.1. The van der Waals surface area contributed by atoms with Gasteiger partial charge < -0.3 is 14.7 Å². The SMILES string of the molecule is CCN(C(=O)Cc1ccc(S(C)(=O)=O)cc1)C1CCN(CCC(c2ccccc2)N2CCN(C(=O)c3ccccc3)CC2)CC1. The lowest BCUT2D eigenvalue weighted by molar-refractivity contribution is -0.133. The molecule has 2 saturated heterocycles. The number of carbonyl (C=O) groups is 2. The van der Waals surface area contributed by atoms with Gasteiger partial charge >= 0.3 is 0 Å². The molecule has 0 spiro atoms. The molecule has 5 rings (SSSR count). The van der Waals surface area contributed by atoms with E-state index in [-0.39, 0.29) is 29.2 Å². The van der Waals surface area contributed by atoms with Crippen LogP contribution < -0.4 is 0 Å². The number of piperazine rings is 1. The molecule has 2 aliphatic heterocycles. The first-order chi connectivity index (χ1) is 21.7. The number of hydrogen-bond acceptors (Lipinski definition) is 6. The number of piperidine rings is 1. The highest BCUT2D eigenvalue weighted by atomic mass is 32.2. The lowest BCUT2D eigenvalue weighted by Gasteiger charge is -2.41. The van der Waals surface area contributed by atoms with Crippen LogP contribution in [0.2, 0.25) is 0 Å². The molecule has 0 radical (unpaired) electrons. The van der Waals surface area contributed by atoms with E-state index in [9.17, 15) is 18.0 Å². The van der Waals surface area contributed by atoms with Crippen molar-refractivity contribution >= 4 is 21.7 Å². The van der Waals surface area contributed by atoms with Crippen LogP contribution >= 0.6 is 0 Å². The molecule has 0 N–H and O–H groups in total. The first-order valence-corrected chi connectivity index (χ1v) is 18.1. The molecular formula is C36H46N4O4S. The fourth-order valence-corrected chi connectivity index (χ4v) is 7.39. The minimum absolute atomic E-state index is 0.0945. The molecule has 2 aliphatic rings. The maximum absolute atomic E-state index is 13.3. The highest BCUT2D eigenvalue weighted by Crippen LogP contribution is 2.28. The first-order valence-electron chi connectivity index (χ1n) is 16.2. The van der Waals surface area contributed by atoms with Crippen LogP contribution in [0.3, 0.4) is 0 Å². The Labute approximate surface area is 268 Å². The standard InChI is InChI=1S/C36H46N4O4S/c1-3-40(35(41)28-29-14-16-33(17-15-29)45(2,43)44)32-18-21-37(22-19-32)23-20-34(30-10-6-4-7-11-30)38-24-26-39(27-25-38)36(42)31-12-8-5-9-13-31/h4-17,32,34H,3,18-28H2,1-2H3. The third-order valence-corrected chi connectivity index (χ3v) is 10.5. The second-order valence-electron chi connectivity index (χ2n) is 12.3. The quantitative estimate of drug-likeness (QED) is 0.310. The van der Waals surface area contributed by atoms with E-state index in [2.05, 4.69) is 40.1 Å². The Morgan fingerprint density at radius 2 is 1.42 bits per heavy atom. The number of benzene rings is 3. The van der Waals surface area contributed by atoms with E-state index in [0.717, 1.165) is 76.2 Å². The molecular weight excluding hydrogens is 584 g/mol. The van der Waals surface area contributed by atoms with Gasteiger partial charge in [-0.15, -0.1) is 0 Å². The fraction of sp³-hybridized carbons (Fsp3) is 0.444. The summed E-state index contributed by atoms with van der Waals surface area (Å²) in [6.07, 6.45) is 4.38. The molecule has 0 aromatic heterocycles. The van der Waals surface area contributed by atoms with Gasteiger partial charge in [0.05, 0.1) is 11.3 Å². The number of rotatable bonds is 11. The minimum atomic E-state index is -3.26. The van der Waals surface area contributed by atoms with Gasteiger partial charge in [-0.2, -0.15) is 0 Å². The lowest BCUT2D eigenvalue weighted by atomic mass is 9.98. The molecule has 240 valence electrons. The van der Waals surface area contributed by atoms with E-state index in [1.54, 1.807) is 24.3 Å². The number of likely N-dealkylation sites (tertiary alicyclic amines) is 1. The van der Waals surface area contributed by atoms with E-state index in [1.807, 2.05) is 47.1 Å². The average Bonchev–Trinajstić information content (AvgIpc) is 3.06. The van der Waals surface area contributed by atoms with Gasteiger partial charge in [0.15, 0.2) is 9.84 Å². The molecule has 0 saturated carbocycles. The summed E-state index contributed by atoms with van der Waals surface area (Å²) in [6, 6.07) is 27.4. The van der Waals surface area contributed by atoms with E-state index in [0.29, 0.717) is 12.6 Å². The Morgan fingerprint density at radius 3 is 2.00 bits per heavy atom. The molecule has 8 nitrogen and oxygen atoms in total. The zero-order valence-electron chi connectivity index (χ0n) is 26.6. The van der Waals surface area contributed by atoms with Crippen LogP contribution in [0.25, 0.3) is 0 Å². The number of carbonyl (C=O) groups excluding carboxylic acids is 2. The molecule has 9 heteroatoms. The van der Waals surface area contributed by atoms with Gasteiger partial charge in [-0.25, -0.2) is 8.42 Å². The van der Waals surface area contributed by atoms with Crippen LogP contribution in [0.1, 0.15) is 53.7 Å². The van der Waals surface area contributed by atoms with Crippen molar-refractivity contribution in [2.75, 3.05) is 58.6 Å². The summed E-state index contributed by atoms with van der Waals surface area (Å²) in [5.41, 5.74) is 2.91.